The molecule has 0 bridgehead atoms. The number of esters is 1. The van der Waals surface area contributed by atoms with Gasteiger partial charge < -0.3 is 10.5 Å². The smallest absolute Gasteiger partial charge is 0.306 e. The highest BCUT2D eigenvalue weighted by atomic mass is 79.9. The highest BCUT2D eigenvalue weighted by molar-refractivity contribution is 9.10. The molecule has 50 heavy (non-hydrogen) atoms. The van der Waals surface area contributed by atoms with Gasteiger partial charge in [-0.15, -0.1) is 0 Å². The second-order valence-electron chi connectivity index (χ2n) is 14.0. The van der Waals surface area contributed by atoms with Crippen LogP contribution in [0.25, 0.3) is 16.6 Å². The maximum Gasteiger partial charge on any atom is 0.306 e. The van der Waals surface area contributed by atoms with E-state index in [1.807, 2.05) is 32.9 Å². The highest BCUT2D eigenvalue weighted by Crippen LogP contribution is 2.46. The van der Waals surface area contributed by atoms with Gasteiger partial charge in [-0.25, -0.2) is 32.2 Å². The summed E-state index contributed by atoms with van der Waals surface area (Å²) in [5.74, 6) is -2.37. The molecule has 0 aliphatic carbocycles. The third kappa shape index (κ3) is 7.48. The molecule has 0 unspecified atom stereocenters. The first-order chi connectivity index (χ1) is 23.3. The van der Waals surface area contributed by atoms with Crippen LogP contribution in [0.1, 0.15) is 76.9 Å². The molecule has 2 N–H and O–H groups in total. The van der Waals surface area contributed by atoms with Crippen molar-refractivity contribution in [1.82, 2.24) is 24.6 Å². The van der Waals surface area contributed by atoms with Crippen LogP contribution in [-0.2, 0) is 19.9 Å². The molecule has 0 radical (unpaired) electrons. The van der Waals surface area contributed by atoms with Crippen LogP contribution in [0.15, 0.2) is 64.5 Å². The number of hydrogen-bond acceptors (Lipinski definition) is 8. The first kappa shape index (κ1) is 37.2. The first-order valence-corrected chi connectivity index (χ1v) is 16.7. The van der Waals surface area contributed by atoms with Crippen LogP contribution < -0.4 is 5.73 Å². The van der Waals surface area contributed by atoms with Gasteiger partial charge in [-0.1, -0.05) is 58.4 Å². The van der Waals surface area contributed by atoms with Gasteiger partial charge >= 0.3 is 5.97 Å². The molecule has 0 fully saturated rings. The molecule has 3 heterocycles. The Morgan fingerprint density at radius 3 is 2.44 bits per heavy atom. The van der Waals surface area contributed by atoms with E-state index in [1.54, 1.807) is 18.3 Å². The number of alkyl halides is 4. The normalized spacial score (nSPS) is 17.6. The molecular formula is C34H35BrClF4N7O3. The number of aliphatic imine (C=N–C) groups is 1. The fourth-order valence-electron chi connectivity index (χ4n) is 5.91. The van der Waals surface area contributed by atoms with Crippen LogP contribution in [0.4, 0.5) is 17.6 Å². The molecule has 2 aromatic heterocycles. The standard InChI is InChI=1S/C34H35BrClF4N7O3/c1-32(2,3)16-34(20-7-9-23-19(10-20)11-21(35)14-42-23)30(49)46(31(41)45-34)25(15-50-26(48)13-33(4,5)29(39)40)18-6-8-22(36)24(12-18)47-28(27(37)38)43-17-44-47/h6-12,14,17,25,27,29H,13,15-16H2,1-5H3,(H2,41,45)/t25-,34-/m1/s1. The molecule has 5 rings (SSSR count). The van der Waals surface area contributed by atoms with E-state index in [0.29, 0.717) is 11.1 Å². The number of carbonyl (C=O) groups excluding carboxylic acids is 2. The molecule has 4 aromatic rings. The Hall–Kier alpha value is -4.11. The minimum atomic E-state index is -2.99. The summed E-state index contributed by atoms with van der Waals surface area (Å²) in [4.78, 5) is 41.9. The zero-order valence-electron chi connectivity index (χ0n) is 27.8. The summed E-state index contributed by atoms with van der Waals surface area (Å²) in [6, 6.07) is 10.3. The van der Waals surface area contributed by atoms with Crippen LogP contribution >= 0.6 is 27.5 Å². The average Bonchev–Trinajstić information content (AvgIpc) is 3.60. The number of rotatable bonds is 11. The van der Waals surface area contributed by atoms with Crippen LogP contribution in [0, 0.1) is 10.8 Å². The number of amides is 1. The van der Waals surface area contributed by atoms with Crippen LogP contribution in [-0.4, -0.2) is 55.5 Å². The molecule has 2 aromatic carbocycles. The Morgan fingerprint density at radius 2 is 1.78 bits per heavy atom. The number of aromatic nitrogens is 4. The first-order valence-electron chi connectivity index (χ1n) is 15.5. The van der Waals surface area contributed by atoms with E-state index >= 15 is 0 Å². The van der Waals surface area contributed by atoms with Gasteiger partial charge in [0.05, 0.1) is 28.7 Å². The Labute approximate surface area is 299 Å². The summed E-state index contributed by atoms with van der Waals surface area (Å²) < 4.78 is 62.0. The molecule has 0 saturated heterocycles. The van der Waals surface area contributed by atoms with E-state index in [2.05, 4.69) is 31.0 Å². The molecule has 10 nitrogen and oxygen atoms in total. The van der Waals surface area contributed by atoms with Gasteiger partial charge in [-0.05, 0) is 69.2 Å². The van der Waals surface area contributed by atoms with E-state index in [0.717, 1.165) is 20.9 Å². The molecule has 1 amide bonds. The number of nitrogens with two attached hydrogens (primary N) is 1. The number of benzene rings is 2. The van der Waals surface area contributed by atoms with Gasteiger partial charge in [0.1, 0.15) is 12.9 Å². The Kier molecular flexibility index (Phi) is 10.3. The van der Waals surface area contributed by atoms with Crippen molar-refractivity contribution in [3.63, 3.8) is 0 Å². The number of nitrogens with zero attached hydrogens (tertiary/aromatic N) is 6. The summed E-state index contributed by atoms with van der Waals surface area (Å²) in [5.41, 5.74) is 4.38. The summed E-state index contributed by atoms with van der Waals surface area (Å²) in [7, 11) is 0. The van der Waals surface area contributed by atoms with Gasteiger partial charge in [0.2, 0.25) is 6.43 Å². The third-order valence-electron chi connectivity index (χ3n) is 8.29. The maximum atomic E-state index is 14.9. The number of guanidine groups is 1. The lowest BCUT2D eigenvalue weighted by Gasteiger charge is -2.35. The number of pyridine rings is 1. The number of fused-ring (bicyclic) bond motifs is 1. The van der Waals surface area contributed by atoms with Gasteiger partial charge in [0, 0.05) is 21.5 Å². The second kappa shape index (κ2) is 13.9. The Balaban J connectivity index is 1.63. The molecule has 0 spiro atoms. The van der Waals surface area contributed by atoms with E-state index in [1.165, 1.54) is 36.9 Å². The lowest BCUT2D eigenvalue weighted by Crippen LogP contribution is -2.47. The molecule has 1 aliphatic rings. The predicted octanol–water partition coefficient (Wildman–Crippen LogP) is 7.92. The fraction of sp³-hybridized carbons (Fsp3) is 0.412. The summed E-state index contributed by atoms with van der Waals surface area (Å²) in [5, 5.41) is 4.68. The number of carbonyl (C=O) groups is 2. The van der Waals surface area contributed by atoms with Crippen molar-refractivity contribution in [3.05, 3.63) is 81.4 Å². The summed E-state index contributed by atoms with van der Waals surface area (Å²) in [6.45, 7) is 7.76. The number of ether oxygens (including phenoxy) is 1. The van der Waals surface area contributed by atoms with Gasteiger partial charge in [0.15, 0.2) is 17.3 Å². The number of hydrogen-bond donors (Lipinski definition) is 1. The van der Waals surface area contributed by atoms with Gasteiger partial charge in [-0.3, -0.25) is 19.5 Å². The predicted molar refractivity (Wildman–Crippen MR) is 183 cm³/mol. The average molecular weight is 781 g/mol. The van der Waals surface area contributed by atoms with Gasteiger partial charge in [-0.2, -0.15) is 5.10 Å². The number of halogens is 6. The van der Waals surface area contributed by atoms with E-state index in [-0.39, 0.29) is 28.7 Å². The monoisotopic (exact) mass is 779 g/mol. The Bertz CT molecular complexity index is 1970. The highest BCUT2D eigenvalue weighted by Gasteiger charge is 2.53. The fourth-order valence-corrected chi connectivity index (χ4v) is 6.46. The SMILES string of the molecule is CC(C)(C)C[C@]1(c2ccc3ncc(Br)cc3c2)N=C(N)N([C@H](COC(=O)CC(C)(C)C(F)F)c2ccc(Cl)c(-n3ncnc3C(F)F)c2)C1=O. The van der Waals surface area contributed by atoms with Crippen LogP contribution in [0.2, 0.25) is 5.02 Å². The van der Waals surface area contributed by atoms with Crippen molar-refractivity contribution in [1.29, 1.82) is 0 Å². The van der Waals surface area contributed by atoms with Crippen molar-refractivity contribution in [3.8, 4) is 5.69 Å². The largest absolute Gasteiger partial charge is 0.463 e. The van der Waals surface area contributed by atoms with Crippen LogP contribution in [0.5, 0.6) is 0 Å². The van der Waals surface area contributed by atoms with Crippen molar-refractivity contribution in [2.45, 2.75) is 71.9 Å². The third-order valence-corrected chi connectivity index (χ3v) is 9.05. The van der Waals surface area contributed by atoms with Crippen molar-refractivity contribution in [2.24, 2.45) is 21.6 Å². The maximum absolute atomic E-state index is 14.9. The molecule has 266 valence electrons. The zero-order valence-corrected chi connectivity index (χ0v) is 30.1. The minimum absolute atomic E-state index is 0.00263. The quantitative estimate of drug-likeness (QED) is 0.121. The molecule has 16 heteroatoms. The van der Waals surface area contributed by atoms with E-state index in [4.69, 9.17) is 27.1 Å². The Morgan fingerprint density at radius 1 is 1.06 bits per heavy atom. The molecule has 1 aliphatic heterocycles. The van der Waals surface area contributed by atoms with Crippen molar-refractivity contribution < 1.29 is 31.9 Å². The summed E-state index contributed by atoms with van der Waals surface area (Å²) in [6.07, 6.45) is -3.61. The zero-order chi connectivity index (χ0) is 36.8. The van der Waals surface area contributed by atoms with Gasteiger partial charge in [0.25, 0.3) is 12.3 Å². The van der Waals surface area contributed by atoms with E-state index < -0.39 is 66.0 Å². The summed E-state index contributed by atoms with van der Waals surface area (Å²) >= 11 is 9.89. The topological polar surface area (TPSA) is 129 Å². The van der Waals surface area contributed by atoms with E-state index in [9.17, 15) is 27.2 Å². The molecule has 0 saturated carbocycles. The minimum Gasteiger partial charge on any atom is -0.463 e. The lowest BCUT2D eigenvalue weighted by molar-refractivity contribution is -0.152. The van der Waals surface area contributed by atoms with Crippen LogP contribution in [0.3, 0.4) is 0 Å². The van der Waals surface area contributed by atoms with Crippen molar-refractivity contribution >= 4 is 56.3 Å². The van der Waals surface area contributed by atoms with Crippen molar-refractivity contribution in [2.75, 3.05) is 6.61 Å². The molecular weight excluding hydrogens is 746 g/mol. The lowest BCUT2D eigenvalue weighted by atomic mass is 9.75. The molecule has 2 atom stereocenters. The second-order valence-corrected chi connectivity index (χ2v) is 15.3.